The number of alkyl halides is 1. The molecule has 0 aliphatic carbocycles. The lowest BCUT2D eigenvalue weighted by Gasteiger charge is -2.44. The van der Waals surface area contributed by atoms with Crippen molar-refractivity contribution in [1.82, 2.24) is 9.80 Å². The first kappa shape index (κ1) is 15.6. The molecule has 4 rings (SSSR count). The van der Waals surface area contributed by atoms with Crippen molar-refractivity contribution in [2.24, 2.45) is 0 Å². The molecule has 1 aromatic heterocycles. The van der Waals surface area contributed by atoms with Crippen molar-refractivity contribution in [2.45, 2.75) is 38.4 Å². The van der Waals surface area contributed by atoms with Crippen molar-refractivity contribution in [3.8, 4) is 0 Å². The number of carbonyl (C=O) groups is 1. The van der Waals surface area contributed by atoms with Gasteiger partial charge in [-0.25, -0.2) is 4.39 Å². The fraction of sp³-hybridized carbons (Fsp3) is 0.526. The molecule has 4 nitrogen and oxygen atoms in total. The smallest absolute Gasteiger partial charge is 0.257 e. The van der Waals surface area contributed by atoms with Crippen molar-refractivity contribution in [1.29, 1.82) is 0 Å². The summed E-state index contributed by atoms with van der Waals surface area (Å²) < 4.78 is 20.1. The molecule has 1 amide bonds. The highest BCUT2D eigenvalue weighted by Gasteiger charge is 2.37. The molecule has 0 spiro atoms. The van der Waals surface area contributed by atoms with Gasteiger partial charge in [-0.05, 0) is 50.0 Å². The maximum atomic E-state index is 14.5. The first-order valence-electron chi connectivity index (χ1n) is 8.85. The second-order valence-corrected chi connectivity index (χ2v) is 6.85. The van der Waals surface area contributed by atoms with E-state index in [-0.39, 0.29) is 18.5 Å². The average Bonchev–Trinajstić information content (AvgIpc) is 2.97. The lowest BCUT2D eigenvalue weighted by Crippen LogP contribution is -2.57. The Balaban J connectivity index is 1.53. The Morgan fingerprint density at radius 1 is 1.33 bits per heavy atom. The summed E-state index contributed by atoms with van der Waals surface area (Å²) in [6, 6.07) is 5.90. The summed E-state index contributed by atoms with van der Waals surface area (Å²) in [5.74, 6) is -0.119. The van der Waals surface area contributed by atoms with Crippen LogP contribution in [0.15, 0.2) is 28.9 Å². The fourth-order valence-electron chi connectivity index (χ4n) is 3.79. The van der Waals surface area contributed by atoms with E-state index in [0.29, 0.717) is 24.1 Å². The lowest BCUT2D eigenvalue weighted by atomic mass is 9.97. The molecule has 0 N–H and O–H groups in total. The van der Waals surface area contributed by atoms with Gasteiger partial charge in [-0.15, -0.1) is 0 Å². The van der Waals surface area contributed by atoms with E-state index in [1.54, 1.807) is 4.90 Å². The van der Waals surface area contributed by atoms with Crippen LogP contribution in [-0.4, -0.2) is 54.1 Å². The molecule has 128 valence electrons. The van der Waals surface area contributed by atoms with Gasteiger partial charge in [0.1, 0.15) is 18.0 Å². The molecule has 2 aromatic rings. The predicted molar refractivity (Wildman–Crippen MR) is 91.0 cm³/mol. The van der Waals surface area contributed by atoms with Crippen molar-refractivity contribution in [3.05, 3.63) is 35.6 Å². The summed E-state index contributed by atoms with van der Waals surface area (Å²) in [6.07, 6.45) is 3.33. The number of piperidine rings is 1. The minimum atomic E-state index is -0.965. The molecule has 0 saturated carbocycles. The number of furan rings is 1. The Morgan fingerprint density at radius 2 is 2.17 bits per heavy atom. The van der Waals surface area contributed by atoms with Gasteiger partial charge < -0.3 is 9.32 Å². The Labute approximate surface area is 141 Å². The van der Waals surface area contributed by atoms with E-state index in [1.165, 1.54) is 6.26 Å². The molecule has 2 atom stereocenters. The van der Waals surface area contributed by atoms with E-state index in [4.69, 9.17) is 4.42 Å². The predicted octanol–water partition coefficient (Wildman–Crippen LogP) is 3.25. The largest absolute Gasteiger partial charge is 0.463 e. The van der Waals surface area contributed by atoms with Crippen LogP contribution in [0.25, 0.3) is 11.0 Å². The minimum Gasteiger partial charge on any atom is -0.463 e. The maximum absolute atomic E-state index is 14.5. The Hall–Kier alpha value is -1.88. The number of hydrogen-bond donors (Lipinski definition) is 0. The van der Waals surface area contributed by atoms with Crippen LogP contribution in [0.1, 0.15) is 35.7 Å². The number of fused-ring (bicyclic) bond motifs is 1. The van der Waals surface area contributed by atoms with Gasteiger partial charge in [-0.2, -0.15) is 0 Å². The molecule has 2 aliphatic heterocycles. The number of benzene rings is 1. The molecule has 2 aliphatic rings. The Morgan fingerprint density at radius 3 is 2.83 bits per heavy atom. The van der Waals surface area contributed by atoms with Gasteiger partial charge in [0, 0.05) is 18.0 Å². The maximum Gasteiger partial charge on any atom is 0.257 e. The Bertz CT molecular complexity index is 753. The topological polar surface area (TPSA) is 36.7 Å². The zero-order chi connectivity index (χ0) is 16.7. The number of carbonyl (C=O) groups excluding carboxylic acids is 1. The lowest BCUT2D eigenvalue weighted by molar-refractivity contribution is 0.00586. The zero-order valence-corrected chi connectivity index (χ0v) is 14.0. The van der Waals surface area contributed by atoms with Crippen molar-refractivity contribution in [2.75, 3.05) is 26.2 Å². The van der Waals surface area contributed by atoms with E-state index in [2.05, 4.69) is 11.8 Å². The van der Waals surface area contributed by atoms with Gasteiger partial charge in [-0.3, -0.25) is 9.69 Å². The molecule has 24 heavy (non-hydrogen) atoms. The third kappa shape index (κ3) is 2.61. The zero-order valence-electron chi connectivity index (χ0n) is 14.0. The second kappa shape index (κ2) is 6.20. The van der Waals surface area contributed by atoms with Crippen LogP contribution in [0.3, 0.4) is 0 Å². The van der Waals surface area contributed by atoms with Crippen molar-refractivity contribution in [3.63, 3.8) is 0 Å². The van der Waals surface area contributed by atoms with E-state index in [1.807, 2.05) is 18.2 Å². The summed E-state index contributed by atoms with van der Waals surface area (Å²) in [7, 11) is 0. The molecule has 5 heteroatoms. The number of halogens is 1. The number of hydrogen-bond acceptors (Lipinski definition) is 3. The summed E-state index contributed by atoms with van der Waals surface area (Å²) >= 11 is 0. The number of aryl methyl sites for hydroxylation is 1. The normalized spacial score (nSPS) is 25.0. The van der Waals surface area contributed by atoms with Crippen LogP contribution in [0, 0.1) is 0 Å². The van der Waals surface area contributed by atoms with Gasteiger partial charge in [-0.1, -0.05) is 13.0 Å². The van der Waals surface area contributed by atoms with E-state index in [9.17, 15) is 9.18 Å². The van der Waals surface area contributed by atoms with Gasteiger partial charge in [0.25, 0.3) is 5.91 Å². The number of likely N-dealkylation sites (tertiary alicyclic amines) is 2. The highest BCUT2D eigenvalue weighted by molar-refractivity contribution is 6.06. The third-order valence-electron chi connectivity index (χ3n) is 5.43. The first-order chi connectivity index (χ1) is 11.7. The minimum absolute atomic E-state index is 0.0180. The van der Waals surface area contributed by atoms with Gasteiger partial charge in [0.2, 0.25) is 0 Å². The second-order valence-electron chi connectivity index (χ2n) is 6.85. The van der Waals surface area contributed by atoms with Crippen LogP contribution in [-0.2, 0) is 6.42 Å². The highest BCUT2D eigenvalue weighted by Crippen LogP contribution is 2.28. The van der Waals surface area contributed by atoms with Gasteiger partial charge in [0.15, 0.2) is 0 Å². The quantitative estimate of drug-likeness (QED) is 0.867. The van der Waals surface area contributed by atoms with E-state index in [0.717, 1.165) is 36.9 Å². The first-order valence-corrected chi connectivity index (χ1v) is 8.85. The SMILES string of the molecule is CCc1ccc2occ(C(=O)N3CCC(N4CCC4)C(F)C3)c2c1. The van der Waals surface area contributed by atoms with Crippen LogP contribution in [0.5, 0.6) is 0 Å². The number of amides is 1. The van der Waals surface area contributed by atoms with Crippen LogP contribution in [0.2, 0.25) is 0 Å². The molecule has 2 fully saturated rings. The monoisotopic (exact) mass is 330 g/mol. The Kier molecular flexibility index (Phi) is 4.04. The molecular formula is C19H23FN2O2. The van der Waals surface area contributed by atoms with E-state index < -0.39 is 6.17 Å². The van der Waals surface area contributed by atoms with Crippen LogP contribution >= 0.6 is 0 Å². The number of rotatable bonds is 3. The molecule has 1 aromatic carbocycles. The van der Waals surface area contributed by atoms with E-state index >= 15 is 0 Å². The van der Waals surface area contributed by atoms with Crippen LogP contribution < -0.4 is 0 Å². The molecule has 3 heterocycles. The van der Waals surface area contributed by atoms with Crippen molar-refractivity contribution < 1.29 is 13.6 Å². The standard InChI is InChI=1S/C19H23FN2O2/c1-2-13-4-5-18-14(10-13)15(12-24-18)19(23)22-9-6-17(16(20)11-22)21-7-3-8-21/h4-5,10,12,16-17H,2-3,6-9,11H2,1H3. The molecule has 2 saturated heterocycles. The van der Waals surface area contributed by atoms with Gasteiger partial charge >= 0.3 is 0 Å². The summed E-state index contributed by atoms with van der Waals surface area (Å²) in [5.41, 5.74) is 2.43. The highest BCUT2D eigenvalue weighted by atomic mass is 19.1. The average molecular weight is 330 g/mol. The molecule has 0 radical (unpaired) electrons. The van der Waals surface area contributed by atoms with Crippen molar-refractivity contribution >= 4 is 16.9 Å². The molecule has 0 bridgehead atoms. The third-order valence-corrected chi connectivity index (χ3v) is 5.43. The van der Waals surface area contributed by atoms with Gasteiger partial charge in [0.05, 0.1) is 12.1 Å². The fourth-order valence-corrected chi connectivity index (χ4v) is 3.79. The molecular weight excluding hydrogens is 307 g/mol. The summed E-state index contributed by atoms with van der Waals surface area (Å²) in [4.78, 5) is 16.7. The molecule has 2 unspecified atom stereocenters. The summed E-state index contributed by atoms with van der Waals surface area (Å²) in [6.45, 7) is 4.86. The van der Waals surface area contributed by atoms with Crippen LogP contribution in [0.4, 0.5) is 4.39 Å². The number of nitrogens with zero attached hydrogens (tertiary/aromatic N) is 2. The summed E-state index contributed by atoms with van der Waals surface area (Å²) in [5, 5.41) is 0.833.